The Kier molecular flexibility index (Phi) is 3.85. The van der Waals surface area contributed by atoms with E-state index in [9.17, 15) is 0 Å². The van der Waals surface area contributed by atoms with E-state index in [0.717, 1.165) is 21.5 Å². The first kappa shape index (κ1) is 12.2. The molecule has 1 rings (SSSR count). The van der Waals surface area contributed by atoms with Crippen molar-refractivity contribution < 1.29 is 0 Å². The lowest BCUT2D eigenvalue weighted by Gasteiger charge is -2.16. The van der Waals surface area contributed by atoms with E-state index in [4.69, 9.17) is 5.41 Å². The van der Waals surface area contributed by atoms with Crippen molar-refractivity contribution in [3.05, 3.63) is 21.8 Å². The van der Waals surface area contributed by atoms with E-state index in [2.05, 4.69) is 40.1 Å². The van der Waals surface area contributed by atoms with Crippen molar-refractivity contribution in [1.82, 2.24) is 4.98 Å². The lowest BCUT2D eigenvalue weighted by atomic mass is 9.96. The average molecular weight is 270 g/mol. The van der Waals surface area contributed by atoms with Crippen molar-refractivity contribution in [2.45, 2.75) is 26.7 Å². The number of aromatic nitrogens is 1. The van der Waals surface area contributed by atoms with Crippen molar-refractivity contribution >= 4 is 27.5 Å². The second kappa shape index (κ2) is 4.75. The van der Waals surface area contributed by atoms with Crippen LogP contribution in [0.1, 0.15) is 37.8 Å². The lowest BCUT2D eigenvalue weighted by molar-refractivity contribution is 0.858. The average Bonchev–Trinajstić information content (AvgIpc) is 2.15. The van der Waals surface area contributed by atoms with Gasteiger partial charge in [-0.05, 0) is 40.4 Å². The molecule has 4 heteroatoms. The van der Waals surface area contributed by atoms with Gasteiger partial charge in [-0.15, -0.1) is 0 Å². The third kappa shape index (κ3) is 2.56. The summed E-state index contributed by atoms with van der Waals surface area (Å²) in [7, 11) is 1.82. The minimum atomic E-state index is 0.381. The summed E-state index contributed by atoms with van der Waals surface area (Å²) in [5.74, 6) is 1.15. The predicted molar refractivity (Wildman–Crippen MR) is 68.1 cm³/mol. The maximum Gasteiger partial charge on any atom is 0.136 e. The van der Waals surface area contributed by atoms with Crippen molar-refractivity contribution in [1.29, 1.82) is 5.41 Å². The van der Waals surface area contributed by atoms with E-state index in [1.54, 1.807) is 6.92 Å². The Morgan fingerprint density at radius 1 is 1.53 bits per heavy atom. The first-order valence-corrected chi connectivity index (χ1v) is 5.70. The fourth-order valence-corrected chi connectivity index (χ4v) is 1.99. The quantitative estimate of drug-likeness (QED) is 0.653. The number of rotatable bonds is 3. The molecule has 0 fully saturated rings. The fraction of sp³-hybridized carbons (Fsp3) is 0.455. The molecule has 0 amide bonds. The summed E-state index contributed by atoms with van der Waals surface area (Å²) >= 11 is 3.38. The van der Waals surface area contributed by atoms with E-state index in [1.165, 1.54) is 0 Å². The standard InChI is InChI=1S/C11H16BrN3/c1-6(2)8-5-9(12)15-11(14-4)10(8)7(3)13/h5-6,13H,1-4H3,(H,14,15). The smallest absolute Gasteiger partial charge is 0.136 e. The molecule has 3 nitrogen and oxygen atoms in total. The van der Waals surface area contributed by atoms with Crippen molar-refractivity contribution in [2.75, 3.05) is 12.4 Å². The zero-order valence-electron chi connectivity index (χ0n) is 9.48. The molecule has 1 aromatic rings. The van der Waals surface area contributed by atoms with Crippen LogP contribution in [-0.2, 0) is 0 Å². The summed E-state index contributed by atoms with van der Waals surface area (Å²) in [5, 5.41) is 10.8. The molecule has 82 valence electrons. The highest BCUT2D eigenvalue weighted by Gasteiger charge is 2.15. The van der Waals surface area contributed by atoms with Gasteiger partial charge in [0.05, 0.1) is 0 Å². The minimum absolute atomic E-state index is 0.381. The summed E-state index contributed by atoms with van der Waals surface area (Å²) in [6, 6.07) is 1.98. The summed E-state index contributed by atoms with van der Waals surface area (Å²) in [6.45, 7) is 6.03. The second-order valence-corrected chi connectivity index (χ2v) is 4.60. The van der Waals surface area contributed by atoms with Crippen LogP contribution in [0.25, 0.3) is 0 Å². The van der Waals surface area contributed by atoms with Crippen LogP contribution in [0, 0.1) is 5.41 Å². The SMILES string of the molecule is CNc1nc(Br)cc(C(C)C)c1C(C)=N. The van der Waals surface area contributed by atoms with Crippen LogP contribution in [0.5, 0.6) is 0 Å². The molecule has 0 saturated carbocycles. The molecule has 0 aliphatic heterocycles. The molecule has 0 saturated heterocycles. The Morgan fingerprint density at radius 3 is 2.53 bits per heavy atom. The number of nitrogens with one attached hydrogen (secondary N) is 2. The second-order valence-electron chi connectivity index (χ2n) is 3.79. The van der Waals surface area contributed by atoms with Crippen LogP contribution < -0.4 is 5.32 Å². The van der Waals surface area contributed by atoms with Crippen LogP contribution in [0.3, 0.4) is 0 Å². The Balaban J connectivity index is 3.47. The van der Waals surface area contributed by atoms with Gasteiger partial charge in [0.1, 0.15) is 10.4 Å². The van der Waals surface area contributed by atoms with Crippen LogP contribution in [-0.4, -0.2) is 17.7 Å². The van der Waals surface area contributed by atoms with Gasteiger partial charge < -0.3 is 10.7 Å². The molecule has 0 bridgehead atoms. The van der Waals surface area contributed by atoms with Gasteiger partial charge in [0.25, 0.3) is 0 Å². The van der Waals surface area contributed by atoms with Gasteiger partial charge >= 0.3 is 0 Å². The monoisotopic (exact) mass is 269 g/mol. The van der Waals surface area contributed by atoms with E-state index in [-0.39, 0.29) is 0 Å². The van der Waals surface area contributed by atoms with Crippen molar-refractivity contribution in [2.24, 2.45) is 0 Å². The predicted octanol–water partition coefficient (Wildman–Crippen LogP) is 3.40. The highest BCUT2D eigenvalue weighted by molar-refractivity contribution is 9.10. The van der Waals surface area contributed by atoms with Crippen molar-refractivity contribution in [3.8, 4) is 0 Å². The zero-order valence-corrected chi connectivity index (χ0v) is 11.1. The van der Waals surface area contributed by atoms with Gasteiger partial charge in [-0.2, -0.15) is 0 Å². The van der Waals surface area contributed by atoms with Crippen LogP contribution in [0.4, 0.5) is 5.82 Å². The van der Waals surface area contributed by atoms with Gasteiger partial charge in [-0.3, -0.25) is 0 Å². The van der Waals surface area contributed by atoms with Gasteiger partial charge in [-0.25, -0.2) is 4.98 Å². The molecular weight excluding hydrogens is 254 g/mol. The summed E-state index contributed by atoms with van der Waals surface area (Å²) < 4.78 is 0.806. The summed E-state index contributed by atoms with van der Waals surface area (Å²) in [4.78, 5) is 4.32. The molecule has 2 N–H and O–H groups in total. The molecule has 0 atom stereocenters. The maximum absolute atomic E-state index is 7.79. The van der Waals surface area contributed by atoms with E-state index < -0.39 is 0 Å². The van der Waals surface area contributed by atoms with Crippen LogP contribution in [0.2, 0.25) is 0 Å². The third-order valence-corrected chi connectivity index (χ3v) is 2.66. The van der Waals surface area contributed by atoms with E-state index in [0.29, 0.717) is 11.6 Å². The highest BCUT2D eigenvalue weighted by atomic mass is 79.9. The number of hydrogen-bond acceptors (Lipinski definition) is 3. The summed E-state index contributed by atoms with van der Waals surface area (Å²) in [6.07, 6.45) is 0. The Morgan fingerprint density at radius 2 is 2.13 bits per heavy atom. The first-order chi connectivity index (χ1) is 6.97. The van der Waals surface area contributed by atoms with E-state index in [1.807, 2.05) is 13.1 Å². The summed E-state index contributed by atoms with van der Waals surface area (Å²) in [5.41, 5.74) is 2.60. The molecule has 15 heavy (non-hydrogen) atoms. The lowest BCUT2D eigenvalue weighted by Crippen LogP contribution is -2.08. The number of pyridine rings is 1. The van der Waals surface area contributed by atoms with Gasteiger partial charge in [0.15, 0.2) is 0 Å². The number of nitrogens with zero attached hydrogens (tertiary/aromatic N) is 1. The molecule has 0 spiro atoms. The maximum atomic E-state index is 7.79. The van der Waals surface area contributed by atoms with Crippen LogP contribution >= 0.6 is 15.9 Å². The molecule has 1 heterocycles. The zero-order chi connectivity index (χ0) is 11.6. The molecule has 1 aromatic heterocycles. The molecular formula is C11H16BrN3. The fourth-order valence-electron chi connectivity index (χ4n) is 1.56. The molecule has 0 aliphatic carbocycles. The molecule has 0 unspecified atom stereocenters. The Hall–Kier alpha value is -0.900. The van der Waals surface area contributed by atoms with Crippen LogP contribution in [0.15, 0.2) is 10.7 Å². The Bertz CT molecular complexity index is 386. The van der Waals surface area contributed by atoms with E-state index >= 15 is 0 Å². The number of anilines is 1. The topological polar surface area (TPSA) is 48.8 Å². The largest absolute Gasteiger partial charge is 0.373 e. The number of hydrogen-bond donors (Lipinski definition) is 2. The van der Waals surface area contributed by atoms with Gasteiger partial charge in [0.2, 0.25) is 0 Å². The molecule has 0 aromatic carbocycles. The number of halogens is 1. The normalized spacial score (nSPS) is 10.5. The Labute approximate surface area is 98.9 Å². The van der Waals surface area contributed by atoms with Gasteiger partial charge in [0, 0.05) is 18.3 Å². The first-order valence-electron chi connectivity index (χ1n) is 4.91. The highest BCUT2D eigenvalue weighted by Crippen LogP contribution is 2.28. The molecule has 0 radical (unpaired) electrons. The third-order valence-electron chi connectivity index (χ3n) is 2.25. The minimum Gasteiger partial charge on any atom is -0.373 e. The van der Waals surface area contributed by atoms with Crippen molar-refractivity contribution in [3.63, 3.8) is 0 Å². The molecule has 0 aliphatic rings. The van der Waals surface area contributed by atoms with Gasteiger partial charge in [-0.1, -0.05) is 13.8 Å².